The molecule has 5 rings (SSSR count). The molecule has 0 spiro atoms. The van der Waals surface area contributed by atoms with E-state index in [0.717, 1.165) is 17.6 Å². The number of halogens is 2. The standard InChI is InChI=1S/C23H25F2N5O2.C2H3N/c1-14-12-16(4-5-17(14)22(32)29-10-7-23(24,25)8-11-29)27-20-19-18(6-9-26-21(19)31)30(28-20)13-15-2-3-15;1-2-3/h4-6,9,12,15H,2-3,7-8,10-11,13H2,1H3,(H,26,31)(H,27,28);1H3. The highest BCUT2D eigenvalue weighted by atomic mass is 19.3. The lowest BCUT2D eigenvalue weighted by Gasteiger charge is -2.32. The zero-order valence-corrected chi connectivity index (χ0v) is 19.8. The van der Waals surface area contributed by atoms with Gasteiger partial charge in [0.1, 0.15) is 5.39 Å². The number of aryl methyl sites for hydroxylation is 1. The lowest BCUT2D eigenvalue weighted by Crippen LogP contribution is -2.42. The smallest absolute Gasteiger partial charge is 0.261 e. The number of carbonyl (C=O) groups is 1. The fraction of sp³-hybridized carbons (Fsp3) is 0.440. The monoisotopic (exact) mass is 482 g/mol. The summed E-state index contributed by atoms with van der Waals surface area (Å²) < 4.78 is 28.7. The molecule has 1 saturated heterocycles. The van der Waals surface area contributed by atoms with Crippen molar-refractivity contribution >= 4 is 28.3 Å². The number of pyridine rings is 1. The summed E-state index contributed by atoms with van der Waals surface area (Å²) in [5.74, 6) is -1.85. The highest BCUT2D eigenvalue weighted by Crippen LogP contribution is 2.33. The highest BCUT2D eigenvalue weighted by molar-refractivity contribution is 5.96. The number of carbonyl (C=O) groups excluding carboxylic acids is 1. The third kappa shape index (κ3) is 5.50. The van der Waals surface area contributed by atoms with Crippen molar-refractivity contribution < 1.29 is 13.6 Å². The first-order chi connectivity index (χ1) is 16.7. The Morgan fingerprint density at radius 3 is 2.60 bits per heavy atom. The van der Waals surface area contributed by atoms with Crippen LogP contribution in [0.15, 0.2) is 35.3 Å². The number of nitrogens with one attached hydrogen (secondary N) is 2. The number of piperidine rings is 1. The van der Waals surface area contributed by atoms with E-state index in [2.05, 4.69) is 15.4 Å². The lowest BCUT2D eigenvalue weighted by atomic mass is 10.0. The van der Waals surface area contributed by atoms with Gasteiger partial charge in [0.25, 0.3) is 17.4 Å². The number of fused-ring (bicyclic) bond motifs is 1. The normalized spacial score (nSPS) is 16.8. The molecule has 0 atom stereocenters. The Hall–Kier alpha value is -3.74. The number of amides is 1. The quantitative estimate of drug-likeness (QED) is 0.553. The molecular formula is C25H28F2N6O2. The zero-order valence-electron chi connectivity index (χ0n) is 19.8. The number of benzene rings is 1. The van der Waals surface area contributed by atoms with E-state index in [0.29, 0.717) is 28.4 Å². The van der Waals surface area contributed by atoms with Crippen LogP contribution >= 0.6 is 0 Å². The Kier molecular flexibility index (Phi) is 6.87. The second-order valence-electron chi connectivity index (χ2n) is 9.07. The van der Waals surface area contributed by atoms with E-state index in [-0.39, 0.29) is 37.4 Å². The maximum atomic E-state index is 13.4. The molecule has 1 amide bonds. The van der Waals surface area contributed by atoms with Crippen molar-refractivity contribution in [3.8, 4) is 6.07 Å². The number of H-pyrrole nitrogens is 1. The Labute approximate surface area is 201 Å². The molecule has 1 aliphatic carbocycles. The average molecular weight is 483 g/mol. The van der Waals surface area contributed by atoms with Crippen LogP contribution in [0.25, 0.3) is 10.9 Å². The Bertz CT molecular complexity index is 1330. The minimum atomic E-state index is -2.69. The number of anilines is 2. The first kappa shape index (κ1) is 24.4. The van der Waals surface area contributed by atoms with Crippen LogP contribution in [0, 0.1) is 24.2 Å². The van der Waals surface area contributed by atoms with Crippen molar-refractivity contribution in [3.05, 3.63) is 51.9 Å². The van der Waals surface area contributed by atoms with Crippen molar-refractivity contribution in [1.29, 1.82) is 5.26 Å². The van der Waals surface area contributed by atoms with Crippen LogP contribution in [-0.4, -0.2) is 44.6 Å². The van der Waals surface area contributed by atoms with Crippen LogP contribution in [0.5, 0.6) is 0 Å². The predicted octanol–water partition coefficient (Wildman–Crippen LogP) is 4.59. The second-order valence-corrected chi connectivity index (χ2v) is 9.07. The highest BCUT2D eigenvalue weighted by Gasteiger charge is 2.36. The molecule has 1 aromatic carbocycles. The number of nitriles is 1. The summed E-state index contributed by atoms with van der Waals surface area (Å²) in [4.78, 5) is 29.5. The van der Waals surface area contributed by atoms with Gasteiger partial charge in [0.05, 0.1) is 11.6 Å². The molecule has 2 N–H and O–H groups in total. The summed E-state index contributed by atoms with van der Waals surface area (Å²) in [5.41, 5.74) is 2.49. The van der Waals surface area contributed by atoms with Crippen LogP contribution in [-0.2, 0) is 6.54 Å². The van der Waals surface area contributed by atoms with Crippen molar-refractivity contribution in [3.63, 3.8) is 0 Å². The number of alkyl halides is 2. The van der Waals surface area contributed by atoms with E-state index in [1.54, 1.807) is 24.4 Å². The molecule has 8 nitrogen and oxygen atoms in total. The summed E-state index contributed by atoms with van der Waals surface area (Å²) >= 11 is 0. The SMILES string of the molecule is CC#N.Cc1cc(Nc2nn(CC3CC3)c3cc[nH]c(=O)c23)ccc1C(=O)N1CCC(F)(F)CC1. The van der Waals surface area contributed by atoms with Gasteiger partial charge in [-0.2, -0.15) is 10.4 Å². The minimum absolute atomic E-state index is 0.0540. The molecule has 0 unspecified atom stereocenters. The van der Waals surface area contributed by atoms with Gasteiger partial charge >= 0.3 is 0 Å². The maximum Gasteiger partial charge on any atom is 0.261 e. The Morgan fingerprint density at radius 2 is 1.97 bits per heavy atom. The Balaban J connectivity index is 0.000000917. The lowest BCUT2D eigenvalue weighted by molar-refractivity contribution is -0.0494. The molecule has 1 saturated carbocycles. The molecule has 184 valence electrons. The van der Waals surface area contributed by atoms with Gasteiger partial charge in [-0.05, 0) is 55.5 Å². The minimum Gasteiger partial charge on any atom is -0.338 e. The van der Waals surface area contributed by atoms with Gasteiger partial charge < -0.3 is 15.2 Å². The number of rotatable bonds is 5. The summed E-state index contributed by atoms with van der Waals surface area (Å²) in [6.45, 7) is 4.13. The molecular weight excluding hydrogens is 454 g/mol. The number of hydrogen-bond donors (Lipinski definition) is 2. The molecule has 0 radical (unpaired) electrons. The molecule has 2 aliphatic rings. The number of aromatic nitrogens is 3. The number of nitrogens with zero attached hydrogens (tertiary/aromatic N) is 4. The fourth-order valence-electron chi connectivity index (χ4n) is 4.23. The molecule has 0 bridgehead atoms. The molecule has 3 heterocycles. The number of likely N-dealkylation sites (tertiary alicyclic amines) is 1. The third-order valence-electron chi connectivity index (χ3n) is 6.30. The van der Waals surface area contributed by atoms with Gasteiger partial charge in [-0.3, -0.25) is 14.3 Å². The molecule has 35 heavy (non-hydrogen) atoms. The second kappa shape index (κ2) is 9.86. The van der Waals surface area contributed by atoms with Crippen LogP contribution in [0.3, 0.4) is 0 Å². The maximum absolute atomic E-state index is 13.4. The molecule has 1 aliphatic heterocycles. The average Bonchev–Trinajstić information content (AvgIpc) is 3.55. The van der Waals surface area contributed by atoms with Gasteiger partial charge in [-0.25, -0.2) is 8.78 Å². The van der Waals surface area contributed by atoms with Crippen molar-refractivity contribution in [1.82, 2.24) is 19.7 Å². The van der Waals surface area contributed by atoms with Crippen LogP contribution in [0.1, 0.15) is 48.5 Å². The first-order valence-corrected chi connectivity index (χ1v) is 11.7. The third-order valence-corrected chi connectivity index (χ3v) is 6.30. The Morgan fingerprint density at radius 1 is 1.29 bits per heavy atom. The van der Waals surface area contributed by atoms with E-state index in [1.165, 1.54) is 24.7 Å². The summed E-state index contributed by atoms with van der Waals surface area (Å²) in [6, 6.07) is 8.86. The van der Waals surface area contributed by atoms with Crippen LogP contribution < -0.4 is 10.9 Å². The number of hydrogen-bond acceptors (Lipinski definition) is 5. The van der Waals surface area contributed by atoms with Crippen molar-refractivity contribution in [2.75, 3.05) is 18.4 Å². The van der Waals surface area contributed by atoms with E-state index in [1.807, 2.05) is 23.7 Å². The van der Waals surface area contributed by atoms with Gasteiger partial charge in [0.15, 0.2) is 5.82 Å². The molecule has 3 aromatic rings. The fourth-order valence-corrected chi connectivity index (χ4v) is 4.23. The van der Waals surface area contributed by atoms with E-state index in [9.17, 15) is 18.4 Å². The van der Waals surface area contributed by atoms with Crippen LogP contribution in [0.4, 0.5) is 20.3 Å². The van der Waals surface area contributed by atoms with E-state index in [4.69, 9.17) is 5.26 Å². The van der Waals surface area contributed by atoms with Crippen molar-refractivity contribution in [2.24, 2.45) is 5.92 Å². The molecule has 10 heteroatoms. The van der Waals surface area contributed by atoms with Crippen LogP contribution in [0.2, 0.25) is 0 Å². The van der Waals surface area contributed by atoms with E-state index < -0.39 is 5.92 Å². The topological polar surface area (TPSA) is 107 Å². The molecule has 2 fully saturated rings. The van der Waals surface area contributed by atoms with Gasteiger partial charge in [-0.15, -0.1) is 0 Å². The summed E-state index contributed by atoms with van der Waals surface area (Å²) in [6.07, 6.45) is 3.37. The van der Waals surface area contributed by atoms with Gasteiger partial charge in [0.2, 0.25) is 0 Å². The summed E-state index contributed by atoms with van der Waals surface area (Å²) in [7, 11) is 0. The zero-order chi connectivity index (χ0) is 25.2. The van der Waals surface area contributed by atoms with Crippen molar-refractivity contribution in [2.45, 2.75) is 52.0 Å². The van der Waals surface area contributed by atoms with Gasteiger partial charge in [0, 0.05) is 56.8 Å². The predicted molar refractivity (Wildman–Crippen MR) is 129 cm³/mol. The largest absolute Gasteiger partial charge is 0.338 e. The molecule has 2 aromatic heterocycles. The number of aromatic amines is 1. The first-order valence-electron chi connectivity index (χ1n) is 11.7. The summed E-state index contributed by atoms with van der Waals surface area (Å²) in [5, 5.41) is 15.7. The van der Waals surface area contributed by atoms with Gasteiger partial charge in [-0.1, -0.05) is 0 Å². The van der Waals surface area contributed by atoms with E-state index >= 15 is 0 Å².